The number of phenols is 1. The molecule has 1 N–H and O–H groups in total. The lowest BCUT2D eigenvalue weighted by Crippen LogP contribution is -2.15. The van der Waals surface area contributed by atoms with Gasteiger partial charge in [0.1, 0.15) is 17.1 Å². The number of carbonyl (C=O) groups is 3. The van der Waals surface area contributed by atoms with Gasteiger partial charge in [0.15, 0.2) is 5.78 Å². The summed E-state index contributed by atoms with van der Waals surface area (Å²) < 4.78 is 11.1. The number of esters is 2. The van der Waals surface area contributed by atoms with Crippen LogP contribution in [0.5, 0.6) is 11.5 Å². The molecule has 0 bridgehead atoms. The van der Waals surface area contributed by atoms with E-state index < -0.39 is 11.9 Å². The first-order chi connectivity index (χ1) is 22.3. The van der Waals surface area contributed by atoms with E-state index in [0.717, 1.165) is 50.5 Å². The maximum Gasteiger partial charge on any atom is 0.343 e. The Bertz CT molecular complexity index is 1380. The molecule has 6 nitrogen and oxygen atoms in total. The van der Waals surface area contributed by atoms with Gasteiger partial charge in [-0.05, 0) is 92.3 Å². The molecular weight excluding hydrogens is 576 g/mol. The van der Waals surface area contributed by atoms with E-state index in [2.05, 4.69) is 20.8 Å². The van der Waals surface area contributed by atoms with E-state index in [1.165, 1.54) is 44.6 Å². The number of carbonyl (C=O) groups excluding carboxylic acids is 3. The summed E-state index contributed by atoms with van der Waals surface area (Å²) in [7, 11) is 0. The highest BCUT2D eigenvalue weighted by Crippen LogP contribution is 2.28. The first-order valence-electron chi connectivity index (χ1n) is 17.3. The number of Topliss-reactive ketones (excluding diaryl/α,β-unsaturated/α-hetero) is 1. The lowest BCUT2D eigenvalue weighted by Gasteiger charge is -2.14. The Morgan fingerprint density at radius 2 is 1.22 bits per heavy atom. The Kier molecular flexibility index (Phi) is 15.5. The maximum atomic E-state index is 13.1. The van der Waals surface area contributed by atoms with Crippen LogP contribution in [-0.4, -0.2) is 28.9 Å². The normalized spacial score (nSPS) is 12.3. The molecule has 6 heteroatoms. The summed E-state index contributed by atoms with van der Waals surface area (Å²) in [6.07, 6.45) is 14.0. The van der Waals surface area contributed by atoms with E-state index in [9.17, 15) is 19.5 Å². The van der Waals surface area contributed by atoms with Gasteiger partial charge >= 0.3 is 11.9 Å². The van der Waals surface area contributed by atoms with Crippen LogP contribution in [0.15, 0.2) is 66.7 Å². The number of ether oxygens (including phenoxy) is 2. The van der Waals surface area contributed by atoms with Gasteiger partial charge in [0.2, 0.25) is 0 Å². The van der Waals surface area contributed by atoms with Gasteiger partial charge in [-0.1, -0.05) is 96.8 Å². The van der Waals surface area contributed by atoms with E-state index in [1.54, 1.807) is 60.7 Å². The molecule has 0 aromatic heterocycles. The molecular formula is C40H52O6. The van der Waals surface area contributed by atoms with Gasteiger partial charge in [-0.25, -0.2) is 9.59 Å². The second-order valence-corrected chi connectivity index (χ2v) is 12.3. The van der Waals surface area contributed by atoms with Gasteiger partial charge in [-0.3, -0.25) is 4.79 Å². The molecule has 0 heterocycles. The number of rotatable bonds is 20. The summed E-state index contributed by atoms with van der Waals surface area (Å²) in [5.74, 6) is -0.673. The molecule has 46 heavy (non-hydrogen) atoms. The molecule has 0 radical (unpaired) electrons. The van der Waals surface area contributed by atoms with Crippen molar-refractivity contribution in [3.63, 3.8) is 0 Å². The van der Waals surface area contributed by atoms with Crippen LogP contribution in [0.25, 0.3) is 11.1 Å². The lowest BCUT2D eigenvalue weighted by molar-refractivity contribution is 0.0316. The van der Waals surface area contributed by atoms with Crippen molar-refractivity contribution >= 4 is 17.7 Å². The summed E-state index contributed by atoms with van der Waals surface area (Å²) in [5, 5.41) is 10.6. The first kappa shape index (κ1) is 36.5. The highest BCUT2D eigenvalue weighted by molar-refractivity contribution is 5.98. The van der Waals surface area contributed by atoms with Crippen molar-refractivity contribution in [1.29, 1.82) is 0 Å². The van der Waals surface area contributed by atoms with Crippen molar-refractivity contribution in [2.75, 3.05) is 0 Å². The van der Waals surface area contributed by atoms with Crippen LogP contribution in [-0.2, 0) is 4.74 Å². The Labute approximate surface area is 275 Å². The van der Waals surface area contributed by atoms with Crippen LogP contribution in [0.1, 0.15) is 142 Å². The second-order valence-electron chi connectivity index (χ2n) is 12.3. The van der Waals surface area contributed by atoms with Gasteiger partial charge in [-0.15, -0.1) is 0 Å². The van der Waals surface area contributed by atoms with Crippen LogP contribution >= 0.6 is 0 Å². The SMILES string of the molecule is CCCCCCCC[C@H](CC)C(=O)c1ccc(OC(=O)c2ccc(-c3ccc(C(=O)O[C@H](C)CCCCCC)c(O)c3)cc2)cc1. The number of phenolic OH excluding ortho intramolecular Hbond substituents is 1. The number of hydrogen-bond acceptors (Lipinski definition) is 6. The van der Waals surface area contributed by atoms with Crippen LogP contribution < -0.4 is 4.74 Å². The fraction of sp³-hybridized carbons (Fsp3) is 0.475. The lowest BCUT2D eigenvalue weighted by atomic mass is 9.90. The maximum absolute atomic E-state index is 13.1. The number of benzene rings is 3. The monoisotopic (exact) mass is 628 g/mol. The molecule has 3 rings (SSSR count). The third-order valence-corrected chi connectivity index (χ3v) is 8.56. The largest absolute Gasteiger partial charge is 0.507 e. The molecule has 0 amide bonds. The highest BCUT2D eigenvalue weighted by atomic mass is 16.5. The molecule has 0 spiro atoms. The van der Waals surface area contributed by atoms with Crippen molar-refractivity contribution in [3.8, 4) is 22.6 Å². The zero-order valence-electron chi connectivity index (χ0n) is 28.2. The molecule has 0 aliphatic heterocycles. The third kappa shape index (κ3) is 11.5. The summed E-state index contributed by atoms with van der Waals surface area (Å²) in [6, 6.07) is 18.5. The van der Waals surface area contributed by atoms with Crippen molar-refractivity contribution in [1.82, 2.24) is 0 Å². The van der Waals surface area contributed by atoms with Gasteiger partial charge in [-0.2, -0.15) is 0 Å². The molecule has 0 unspecified atom stereocenters. The summed E-state index contributed by atoms with van der Waals surface area (Å²) in [4.78, 5) is 38.5. The van der Waals surface area contributed by atoms with Gasteiger partial charge < -0.3 is 14.6 Å². The topological polar surface area (TPSA) is 89.9 Å². The molecule has 248 valence electrons. The molecule has 3 aromatic carbocycles. The van der Waals surface area contributed by atoms with Crippen molar-refractivity contribution < 1.29 is 29.0 Å². The molecule has 2 atom stereocenters. The standard InChI is InChI=1S/C40H52O6/c1-5-8-10-12-13-15-17-30(7-3)38(42)32-22-25-35(26-23-32)46-39(43)33-20-18-31(19-21-33)34-24-27-36(37(41)28-34)40(44)45-29(4)16-14-11-9-6-2/h18-30,41H,5-17H2,1-4H3/t29-,30+/m1/s1. The first-order valence-corrected chi connectivity index (χ1v) is 17.3. The average molecular weight is 629 g/mol. The Morgan fingerprint density at radius 1 is 0.652 bits per heavy atom. The Hall–Kier alpha value is -3.93. The number of ketones is 1. The van der Waals surface area contributed by atoms with E-state index in [0.29, 0.717) is 22.4 Å². The minimum atomic E-state index is -0.541. The predicted octanol–water partition coefficient (Wildman–Crippen LogP) is 10.8. The minimum absolute atomic E-state index is 0.0128. The fourth-order valence-corrected chi connectivity index (χ4v) is 5.63. The van der Waals surface area contributed by atoms with Crippen LogP contribution in [0, 0.1) is 5.92 Å². The van der Waals surface area contributed by atoms with Crippen molar-refractivity contribution in [3.05, 3.63) is 83.4 Å². The third-order valence-electron chi connectivity index (χ3n) is 8.56. The van der Waals surface area contributed by atoms with E-state index in [1.807, 2.05) is 6.92 Å². The van der Waals surface area contributed by atoms with Gasteiger partial charge in [0.25, 0.3) is 0 Å². The number of unbranched alkanes of at least 4 members (excludes halogenated alkanes) is 8. The van der Waals surface area contributed by atoms with Crippen molar-refractivity contribution in [2.45, 2.75) is 117 Å². The van der Waals surface area contributed by atoms with Crippen LogP contribution in [0.3, 0.4) is 0 Å². The molecule has 0 aliphatic carbocycles. The molecule has 0 saturated heterocycles. The minimum Gasteiger partial charge on any atom is -0.507 e. The number of aromatic hydroxyl groups is 1. The van der Waals surface area contributed by atoms with E-state index in [-0.39, 0.29) is 29.1 Å². The molecule has 0 fully saturated rings. The Morgan fingerprint density at radius 3 is 1.85 bits per heavy atom. The average Bonchev–Trinajstić information content (AvgIpc) is 3.06. The zero-order valence-corrected chi connectivity index (χ0v) is 28.2. The highest BCUT2D eigenvalue weighted by Gasteiger charge is 2.19. The second kappa shape index (κ2) is 19.6. The fourth-order valence-electron chi connectivity index (χ4n) is 5.63. The van der Waals surface area contributed by atoms with Gasteiger partial charge in [0.05, 0.1) is 11.7 Å². The molecule has 0 saturated carbocycles. The quantitative estimate of drug-likeness (QED) is 0.0579. The van der Waals surface area contributed by atoms with Crippen LogP contribution in [0.2, 0.25) is 0 Å². The van der Waals surface area contributed by atoms with E-state index >= 15 is 0 Å². The van der Waals surface area contributed by atoms with Crippen molar-refractivity contribution in [2.24, 2.45) is 5.92 Å². The zero-order chi connectivity index (χ0) is 33.3. The summed E-state index contributed by atoms with van der Waals surface area (Å²) >= 11 is 0. The molecule has 3 aromatic rings. The predicted molar refractivity (Wildman–Crippen MR) is 185 cm³/mol. The van der Waals surface area contributed by atoms with E-state index in [4.69, 9.17) is 9.47 Å². The number of hydrogen-bond donors (Lipinski definition) is 1. The Balaban J connectivity index is 1.53. The molecule has 0 aliphatic rings. The summed E-state index contributed by atoms with van der Waals surface area (Å²) in [5.41, 5.74) is 2.60. The smallest absolute Gasteiger partial charge is 0.343 e. The summed E-state index contributed by atoms with van der Waals surface area (Å²) in [6.45, 7) is 8.30. The van der Waals surface area contributed by atoms with Crippen LogP contribution in [0.4, 0.5) is 0 Å². The van der Waals surface area contributed by atoms with Gasteiger partial charge in [0, 0.05) is 11.5 Å².